The topological polar surface area (TPSA) is 119 Å². The van der Waals surface area contributed by atoms with Gasteiger partial charge in [0.2, 0.25) is 0 Å². The van der Waals surface area contributed by atoms with Crippen LogP contribution in [0.15, 0.2) is 58.6 Å². The number of hydrogen-bond donors (Lipinski definition) is 3. The van der Waals surface area contributed by atoms with Crippen molar-refractivity contribution in [2.45, 2.75) is 26.7 Å². The molecule has 30 heavy (non-hydrogen) atoms. The molecule has 2 heterocycles. The van der Waals surface area contributed by atoms with Gasteiger partial charge in [-0.05, 0) is 16.5 Å². The van der Waals surface area contributed by atoms with E-state index in [1.165, 1.54) is 6.20 Å². The molecule has 5 N–H and O–H groups in total. The van der Waals surface area contributed by atoms with Crippen molar-refractivity contribution in [3.05, 3.63) is 71.9 Å². The number of nitrogens with two attached hydrogens (primary N) is 2. The van der Waals surface area contributed by atoms with Gasteiger partial charge in [0.05, 0.1) is 11.5 Å². The van der Waals surface area contributed by atoms with E-state index in [0.717, 1.165) is 22.3 Å². The quantitative estimate of drug-likeness (QED) is 0.630. The minimum Gasteiger partial charge on any atom is -0.404 e. The van der Waals surface area contributed by atoms with Gasteiger partial charge in [-0.2, -0.15) is 4.98 Å². The molecule has 0 unspecified atom stereocenters. The molecule has 0 bridgehead atoms. The second kappa shape index (κ2) is 8.54. The van der Waals surface area contributed by atoms with Crippen LogP contribution in [-0.2, 0) is 0 Å². The second-order valence-electron chi connectivity index (χ2n) is 8.35. The minimum absolute atomic E-state index is 0.0421. The third-order valence-corrected chi connectivity index (χ3v) is 4.84. The fourth-order valence-electron chi connectivity index (χ4n) is 3.42. The largest absolute Gasteiger partial charge is 0.404 e. The van der Waals surface area contributed by atoms with Crippen molar-refractivity contribution in [3.63, 3.8) is 0 Å². The Morgan fingerprint density at radius 3 is 2.57 bits per heavy atom. The Balaban J connectivity index is 1.91. The van der Waals surface area contributed by atoms with Crippen LogP contribution in [0.3, 0.4) is 0 Å². The molecule has 1 aromatic carbocycles. The maximum absolute atomic E-state index is 5.75. The molecule has 2 aromatic rings. The molecule has 1 aliphatic rings. The zero-order chi connectivity index (χ0) is 21.9. The van der Waals surface area contributed by atoms with Crippen LogP contribution in [0.25, 0.3) is 11.1 Å². The van der Waals surface area contributed by atoms with Crippen LogP contribution in [0.5, 0.6) is 0 Å². The molecule has 1 aromatic heterocycles. The first kappa shape index (κ1) is 21.3. The monoisotopic (exact) mass is 407 g/mol. The van der Waals surface area contributed by atoms with E-state index in [1.807, 2.05) is 30.4 Å². The standard InChI is InChI=1S/C22H29N7O/c1-14(24)25-11-17(10-23)15-6-8-16(9-7-15)19(22(2,3)4)20-27-21(30-28-20)18-12-26-29(5)13-18/h6-11,13,19,26H,1,12,23-24H2,2-5H3/b17-10+,25-11?/t19-/m1/s1. The van der Waals surface area contributed by atoms with E-state index in [1.54, 1.807) is 6.21 Å². The lowest BCUT2D eigenvalue weighted by Gasteiger charge is -2.28. The molecule has 0 spiro atoms. The summed E-state index contributed by atoms with van der Waals surface area (Å²) in [6.45, 7) is 10.7. The van der Waals surface area contributed by atoms with Gasteiger partial charge in [0, 0.05) is 37.8 Å². The van der Waals surface area contributed by atoms with Crippen molar-refractivity contribution in [3.8, 4) is 0 Å². The maximum Gasteiger partial charge on any atom is 0.256 e. The Bertz CT molecular complexity index is 993. The van der Waals surface area contributed by atoms with E-state index in [2.05, 4.69) is 55.1 Å². The highest BCUT2D eigenvalue weighted by Crippen LogP contribution is 2.39. The molecule has 0 amide bonds. The van der Waals surface area contributed by atoms with E-state index >= 15 is 0 Å². The lowest BCUT2D eigenvalue weighted by Crippen LogP contribution is -2.23. The van der Waals surface area contributed by atoms with Crippen LogP contribution in [-0.4, -0.2) is 35.0 Å². The average Bonchev–Trinajstić information content (AvgIpc) is 3.31. The van der Waals surface area contributed by atoms with Gasteiger partial charge in [-0.15, -0.1) is 0 Å². The number of benzene rings is 1. The molecule has 3 rings (SSSR count). The first-order valence-corrected chi connectivity index (χ1v) is 9.70. The third-order valence-electron chi connectivity index (χ3n) is 4.84. The average molecular weight is 408 g/mol. The van der Waals surface area contributed by atoms with Gasteiger partial charge in [0.1, 0.15) is 5.82 Å². The molecule has 158 valence electrons. The lowest BCUT2D eigenvalue weighted by molar-refractivity contribution is 0.329. The molecule has 0 radical (unpaired) electrons. The van der Waals surface area contributed by atoms with E-state index in [4.69, 9.17) is 21.0 Å². The van der Waals surface area contributed by atoms with Gasteiger partial charge in [-0.3, -0.25) is 0 Å². The predicted octanol–water partition coefficient (Wildman–Crippen LogP) is 2.84. The Kier molecular flexibility index (Phi) is 6.07. The second-order valence-corrected chi connectivity index (χ2v) is 8.35. The maximum atomic E-state index is 5.75. The molecule has 8 nitrogen and oxygen atoms in total. The summed E-state index contributed by atoms with van der Waals surface area (Å²) in [5.41, 5.74) is 18.1. The highest BCUT2D eigenvalue weighted by atomic mass is 16.5. The number of nitrogens with one attached hydrogen (secondary N) is 1. The number of rotatable bonds is 6. The number of hydrogen-bond acceptors (Lipinski definition) is 8. The summed E-state index contributed by atoms with van der Waals surface area (Å²) in [7, 11) is 1.93. The van der Waals surface area contributed by atoms with E-state index in [9.17, 15) is 0 Å². The lowest BCUT2D eigenvalue weighted by atomic mass is 9.76. The first-order valence-electron chi connectivity index (χ1n) is 9.70. The molecular formula is C22H29N7O. The van der Waals surface area contributed by atoms with Gasteiger partial charge >= 0.3 is 0 Å². The molecule has 0 saturated heterocycles. The zero-order valence-electron chi connectivity index (χ0n) is 17.9. The number of aliphatic imine (C=N–C) groups is 1. The molecular weight excluding hydrogens is 378 g/mol. The Morgan fingerprint density at radius 1 is 1.33 bits per heavy atom. The van der Waals surface area contributed by atoms with Crippen LogP contribution in [0, 0.1) is 5.41 Å². The summed E-state index contributed by atoms with van der Waals surface area (Å²) < 4.78 is 5.57. The predicted molar refractivity (Wildman–Crippen MR) is 120 cm³/mol. The van der Waals surface area contributed by atoms with Crippen LogP contribution < -0.4 is 16.9 Å². The first-order chi connectivity index (χ1) is 14.2. The van der Waals surface area contributed by atoms with Crippen molar-refractivity contribution >= 4 is 17.4 Å². The van der Waals surface area contributed by atoms with Gasteiger partial charge < -0.3 is 21.0 Å². The van der Waals surface area contributed by atoms with Crippen LogP contribution in [0.2, 0.25) is 0 Å². The van der Waals surface area contributed by atoms with Crippen molar-refractivity contribution in [2.75, 3.05) is 13.6 Å². The van der Waals surface area contributed by atoms with Crippen molar-refractivity contribution in [2.24, 2.45) is 21.9 Å². The highest BCUT2D eigenvalue weighted by molar-refractivity contribution is 6.09. The minimum atomic E-state index is -0.118. The fraction of sp³-hybridized carbons (Fsp3) is 0.318. The summed E-state index contributed by atoms with van der Waals surface area (Å²) in [5, 5.41) is 6.18. The Labute approximate surface area is 177 Å². The van der Waals surface area contributed by atoms with Crippen molar-refractivity contribution < 1.29 is 4.52 Å². The fourth-order valence-corrected chi connectivity index (χ4v) is 3.42. The van der Waals surface area contributed by atoms with Crippen molar-refractivity contribution in [1.82, 2.24) is 20.6 Å². The summed E-state index contributed by atoms with van der Waals surface area (Å²) >= 11 is 0. The molecule has 0 saturated carbocycles. The van der Waals surface area contributed by atoms with Crippen LogP contribution >= 0.6 is 0 Å². The number of hydrazine groups is 1. The third kappa shape index (κ3) is 4.77. The van der Waals surface area contributed by atoms with Gasteiger partial charge in [-0.1, -0.05) is 56.8 Å². The van der Waals surface area contributed by atoms with Gasteiger partial charge in [-0.25, -0.2) is 10.4 Å². The SMILES string of the molecule is C=C(N)N=C/C(=C\N)c1ccc([C@H](c2noc(C3=CN(C)NC3)n2)C(C)(C)C)cc1. The highest BCUT2D eigenvalue weighted by Gasteiger charge is 2.32. The summed E-state index contributed by atoms with van der Waals surface area (Å²) in [5.74, 6) is 1.39. The molecule has 8 heteroatoms. The smallest absolute Gasteiger partial charge is 0.256 e. The number of aromatic nitrogens is 2. The normalized spacial score (nSPS) is 16.2. The van der Waals surface area contributed by atoms with E-state index in [-0.39, 0.29) is 17.2 Å². The summed E-state index contributed by atoms with van der Waals surface area (Å²) in [6.07, 6.45) is 5.05. The molecule has 0 fully saturated rings. The summed E-state index contributed by atoms with van der Waals surface area (Å²) in [6, 6.07) is 8.11. The van der Waals surface area contributed by atoms with E-state index < -0.39 is 0 Å². The van der Waals surface area contributed by atoms with Gasteiger partial charge in [0.15, 0.2) is 5.82 Å². The van der Waals surface area contributed by atoms with Gasteiger partial charge in [0.25, 0.3) is 5.89 Å². The number of allylic oxidation sites excluding steroid dienone is 1. The zero-order valence-corrected chi connectivity index (χ0v) is 17.9. The molecule has 0 aliphatic carbocycles. The van der Waals surface area contributed by atoms with Crippen LogP contribution in [0.4, 0.5) is 0 Å². The number of nitrogens with zero attached hydrogens (tertiary/aromatic N) is 4. The Morgan fingerprint density at radius 2 is 2.03 bits per heavy atom. The Hall–Kier alpha value is -3.39. The van der Waals surface area contributed by atoms with Crippen molar-refractivity contribution in [1.29, 1.82) is 0 Å². The molecule has 1 atom stereocenters. The summed E-state index contributed by atoms with van der Waals surface area (Å²) in [4.78, 5) is 8.73. The molecule has 1 aliphatic heterocycles. The van der Waals surface area contributed by atoms with Crippen LogP contribution in [0.1, 0.15) is 49.5 Å². The van der Waals surface area contributed by atoms with E-state index in [0.29, 0.717) is 18.3 Å².